The van der Waals surface area contributed by atoms with Crippen molar-refractivity contribution in [3.63, 3.8) is 0 Å². The molecule has 130 valence electrons. The number of pyridine rings is 1. The van der Waals surface area contributed by atoms with Gasteiger partial charge in [0.1, 0.15) is 0 Å². The van der Waals surface area contributed by atoms with E-state index >= 15 is 0 Å². The van der Waals surface area contributed by atoms with Crippen molar-refractivity contribution in [1.82, 2.24) is 4.98 Å². The van der Waals surface area contributed by atoms with E-state index in [2.05, 4.69) is 9.72 Å². The fraction of sp³-hybridized carbons (Fsp3) is 0.417. The average Bonchev–Trinajstić information content (AvgIpc) is 2.83. The van der Waals surface area contributed by atoms with Crippen LogP contribution >= 0.6 is 0 Å². The summed E-state index contributed by atoms with van der Waals surface area (Å²) in [5, 5.41) is 16.2. The van der Waals surface area contributed by atoms with Gasteiger partial charge in [-0.1, -0.05) is 0 Å². The Morgan fingerprint density at radius 2 is 2.25 bits per heavy atom. The van der Waals surface area contributed by atoms with Crippen LogP contribution in [0.4, 0.5) is 11.5 Å². The molecule has 1 aliphatic heterocycles. The lowest BCUT2D eigenvalue weighted by molar-refractivity contribution is -0.384. The number of amides is 1. The summed E-state index contributed by atoms with van der Waals surface area (Å²) in [6.07, 6.45) is 0.933. The first-order valence-corrected chi connectivity index (χ1v) is 8.37. The summed E-state index contributed by atoms with van der Waals surface area (Å²) in [5.41, 5.74) is -0.691. The highest BCUT2D eigenvalue weighted by molar-refractivity contribution is 7.89. The molecule has 1 amide bonds. The minimum absolute atomic E-state index is 0.0688. The molecule has 12 heteroatoms. The van der Waals surface area contributed by atoms with Crippen molar-refractivity contribution in [1.29, 1.82) is 0 Å². The molecule has 0 aromatic carbocycles. The van der Waals surface area contributed by atoms with E-state index in [0.717, 1.165) is 24.3 Å². The maximum absolute atomic E-state index is 12.1. The van der Waals surface area contributed by atoms with Crippen LogP contribution in [-0.4, -0.2) is 49.6 Å². The Morgan fingerprint density at radius 1 is 1.58 bits per heavy atom. The van der Waals surface area contributed by atoms with Gasteiger partial charge in [0.05, 0.1) is 23.3 Å². The first-order valence-electron chi connectivity index (χ1n) is 6.66. The molecule has 0 saturated carbocycles. The number of nitrogens with two attached hydrogens (primary N) is 1. The van der Waals surface area contributed by atoms with E-state index in [9.17, 15) is 28.1 Å². The Labute approximate surface area is 136 Å². The number of esters is 1. The molecule has 2 N–H and O–H groups in total. The third kappa shape index (κ3) is 3.83. The van der Waals surface area contributed by atoms with Crippen molar-refractivity contribution in [2.75, 3.05) is 24.3 Å². The Balaban J connectivity index is 2.36. The number of rotatable bonds is 5. The molecule has 1 aliphatic rings. The first-order chi connectivity index (χ1) is 11.1. The van der Waals surface area contributed by atoms with Gasteiger partial charge in [0.25, 0.3) is 0 Å². The summed E-state index contributed by atoms with van der Waals surface area (Å²) < 4.78 is 26.7. The van der Waals surface area contributed by atoms with Crippen molar-refractivity contribution < 1.29 is 27.7 Å². The fourth-order valence-electron chi connectivity index (χ4n) is 2.44. The summed E-state index contributed by atoms with van der Waals surface area (Å²) in [7, 11) is -2.66. The van der Waals surface area contributed by atoms with E-state index in [1.54, 1.807) is 0 Å². The molecule has 0 aliphatic carbocycles. The van der Waals surface area contributed by atoms with Crippen molar-refractivity contribution in [2.24, 2.45) is 11.1 Å². The summed E-state index contributed by atoms with van der Waals surface area (Å²) in [6, 6.07) is 0.953. The minimum Gasteiger partial charge on any atom is -0.465 e. The molecule has 1 atom stereocenters. The third-order valence-corrected chi connectivity index (χ3v) is 4.33. The molecule has 0 radical (unpaired) electrons. The lowest BCUT2D eigenvalue weighted by atomic mass is 10.1. The smallest absolute Gasteiger partial charge is 0.339 e. The van der Waals surface area contributed by atoms with Crippen molar-refractivity contribution >= 4 is 33.4 Å². The number of anilines is 1. The second-order valence-corrected chi connectivity index (χ2v) is 6.88. The number of aromatic nitrogens is 1. The highest BCUT2D eigenvalue weighted by atomic mass is 32.2. The summed E-state index contributed by atoms with van der Waals surface area (Å²) in [4.78, 5) is 38.8. The van der Waals surface area contributed by atoms with Crippen LogP contribution < -0.4 is 10.0 Å². The molecule has 1 aromatic heterocycles. The number of primary sulfonamides is 1. The van der Waals surface area contributed by atoms with Crippen LogP contribution in [0.3, 0.4) is 0 Å². The van der Waals surface area contributed by atoms with E-state index in [-0.39, 0.29) is 24.3 Å². The first kappa shape index (κ1) is 17.7. The highest BCUT2D eigenvalue weighted by Crippen LogP contribution is 2.32. The SMILES string of the molecule is COC(=O)c1cnc(N2CC(CS(N)(=O)=O)CC2=O)c([N+](=O)[O-])c1. The molecule has 0 spiro atoms. The monoisotopic (exact) mass is 358 g/mol. The molecule has 2 rings (SSSR count). The van der Waals surface area contributed by atoms with Gasteiger partial charge in [-0.2, -0.15) is 0 Å². The van der Waals surface area contributed by atoms with Crippen LogP contribution in [0.1, 0.15) is 16.8 Å². The van der Waals surface area contributed by atoms with Crippen LogP contribution in [0.15, 0.2) is 12.3 Å². The lowest BCUT2D eigenvalue weighted by Crippen LogP contribution is -2.28. The minimum atomic E-state index is -3.78. The van der Waals surface area contributed by atoms with Crippen molar-refractivity contribution in [3.05, 3.63) is 27.9 Å². The van der Waals surface area contributed by atoms with Gasteiger partial charge >= 0.3 is 11.7 Å². The largest absolute Gasteiger partial charge is 0.465 e. The summed E-state index contributed by atoms with van der Waals surface area (Å²) in [5.74, 6) is -2.57. The molecule has 11 nitrogen and oxygen atoms in total. The number of sulfonamides is 1. The number of nitro groups is 1. The number of carbonyl (C=O) groups is 2. The molecule has 0 bridgehead atoms. The van der Waals surface area contributed by atoms with Gasteiger partial charge in [-0.15, -0.1) is 0 Å². The van der Waals surface area contributed by atoms with Crippen LogP contribution in [0.5, 0.6) is 0 Å². The molecule has 2 heterocycles. The van der Waals surface area contributed by atoms with Gasteiger partial charge < -0.3 is 4.74 Å². The third-order valence-electron chi connectivity index (χ3n) is 3.39. The lowest BCUT2D eigenvalue weighted by Gasteiger charge is -2.15. The van der Waals surface area contributed by atoms with Gasteiger partial charge in [-0.3, -0.25) is 19.8 Å². The number of carbonyl (C=O) groups excluding carboxylic acids is 2. The molecule has 1 saturated heterocycles. The average molecular weight is 358 g/mol. The van der Waals surface area contributed by atoms with Gasteiger partial charge in [0, 0.05) is 31.1 Å². The van der Waals surface area contributed by atoms with Crippen LogP contribution in [-0.2, 0) is 19.6 Å². The predicted molar refractivity (Wildman–Crippen MR) is 80.7 cm³/mol. The zero-order valence-electron chi connectivity index (χ0n) is 12.5. The highest BCUT2D eigenvalue weighted by Gasteiger charge is 2.37. The topological polar surface area (TPSA) is 163 Å². The van der Waals surface area contributed by atoms with Gasteiger partial charge in [-0.05, 0) is 0 Å². The molecule has 1 fully saturated rings. The van der Waals surface area contributed by atoms with Crippen LogP contribution in [0, 0.1) is 16.0 Å². The van der Waals surface area contributed by atoms with Crippen molar-refractivity contribution in [2.45, 2.75) is 6.42 Å². The van der Waals surface area contributed by atoms with E-state index in [1.807, 2.05) is 0 Å². The fourth-order valence-corrected chi connectivity index (χ4v) is 3.32. The maximum Gasteiger partial charge on any atom is 0.339 e. The normalized spacial score (nSPS) is 17.8. The van der Waals surface area contributed by atoms with Gasteiger partial charge in [-0.25, -0.2) is 23.3 Å². The molecular weight excluding hydrogens is 344 g/mol. The summed E-state index contributed by atoms with van der Waals surface area (Å²) in [6.45, 7) is -0.0688. The van der Waals surface area contributed by atoms with Crippen LogP contribution in [0.25, 0.3) is 0 Å². The predicted octanol–water partition coefficient (Wildman–Crippen LogP) is -0.582. The zero-order chi connectivity index (χ0) is 18.1. The van der Waals surface area contributed by atoms with Gasteiger partial charge in [0.2, 0.25) is 21.7 Å². The summed E-state index contributed by atoms with van der Waals surface area (Å²) >= 11 is 0. The van der Waals surface area contributed by atoms with Crippen molar-refractivity contribution in [3.8, 4) is 0 Å². The van der Waals surface area contributed by atoms with E-state index in [4.69, 9.17) is 5.14 Å². The number of hydrogen-bond acceptors (Lipinski definition) is 8. The number of methoxy groups -OCH3 is 1. The number of hydrogen-bond donors (Lipinski definition) is 1. The quantitative estimate of drug-likeness (QED) is 0.415. The second-order valence-electron chi connectivity index (χ2n) is 5.22. The molecular formula is C12H14N4O7S. The molecule has 24 heavy (non-hydrogen) atoms. The second kappa shape index (κ2) is 6.49. The Kier molecular flexibility index (Phi) is 4.80. The van der Waals surface area contributed by atoms with E-state index < -0.39 is 44.2 Å². The number of nitrogens with zero attached hydrogens (tertiary/aromatic N) is 3. The Morgan fingerprint density at radius 3 is 2.79 bits per heavy atom. The Bertz CT molecular complexity index is 808. The number of ether oxygens (including phenoxy) is 1. The van der Waals surface area contributed by atoms with E-state index in [1.165, 1.54) is 0 Å². The van der Waals surface area contributed by atoms with E-state index in [0.29, 0.717) is 0 Å². The maximum atomic E-state index is 12.1. The molecule has 1 aromatic rings. The Hall–Kier alpha value is -2.60. The standard InChI is InChI=1S/C12H14N4O7S/c1-23-12(18)8-3-9(16(19)20)11(14-4-8)15-5-7(2-10(15)17)6-24(13,21)22/h3-4,7H,2,5-6H2,1H3,(H2,13,21,22). The molecule has 1 unspecified atom stereocenters. The van der Waals surface area contributed by atoms with Gasteiger partial charge in [0.15, 0.2) is 0 Å². The van der Waals surface area contributed by atoms with Crippen LogP contribution in [0.2, 0.25) is 0 Å². The zero-order valence-corrected chi connectivity index (χ0v) is 13.4.